The summed E-state index contributed by atoms with van der Waals surface area (Å²) in [6.45, 7) is 6.25. The van der Waals surface area contributed by atoms with E-state index < -0.39 is 5.92 Å². The minimum atomic E-state index is -0.477. The van der Waals surface area contributed by atoms with Gasteiger partial charge in [0.05, 0.1) is 0 Å². The van der Waals surface area contributed by atoms with Gasteiger partial charge in [0, 0.05) is 49.0 Å². The lowest BCUT2D eigenvalue weighted by Crippen LogP contribution is -2.61. The van der Waals surface area contributed by atoms with Crippen molar-refractivity contribution in [3.8, 4) is 11.5 Å². The van der Waals surface area contributed by atoms with Gasteiger partial charge >= 0.3 is 0 Å². The highest BCUT2D eigenvalue weighted by molar-refractivity contribution is 5.99. The van der Waals surface area contributed by atoms with Crippen LogP contribution in [-0.4, -0.2) is 64.6 Å². The summed E-state index contributed by atoms with van der Waals surface area (Å²) in [5.74, 6) is -0.616. The first-order valence-electron chi connectivity index (χ1n) is 13.6. The van der Waals surface area contributed by atoms with E-state index in [0.717, 1.165) is 43.6 Å². The van der Waals surface area contributed by atoms with Crippen molar-refractivity contribution in [2.45, 2.75) is 37.6 Å². The lowest BCUT2D eigenvalue weighted by Gasteiger charge is -2.53. The maximum absolute atomic E-state index is 14.9. The van der Waals surface area contributed by atoms with Crippen molar-refractivity contribution in [1.29, 1.82) is 0 Å². The third-order valence-electron chi connectivity index (χ3n) is 9.23. The summed E-state index contributed by atoms with van der Waals surface area (Å²) in [7, 11) is 0. The fraction of sp³-hybridized carbons (Fsp3) is 0.406. The number of benzene rings is 3. The minimum absolute atomic E-state index is 0.0483. The highest BCUT2D eigenvalue weighted by Crippen LogP contribution is 2.49. The fourth-order valence-corrected chi connectivity index (χ4v) is 7.28. The molecular weight excluding hydrogens is 479 g/mol. The zero-order chi connectivity index (χ0) is 26.4. The Labute approximate surface area is 223 Å². The Balaban J connectivity index is 1.49. The second-order valence-electron chi connectivity index (χ2n) is 11.3. The molecule has 4 saturated heterocycles. The van der Waals surface area contributed by atoms with Gasteiger partial charge < -0.3 is 15.1 Å². The van der Waals surface area contributed by atoms with Gasteiger partial charge in [0.25, 0.3) is 0 Å². The van der Waals surface area contributed by atoms with Crippen molar-refractivity contribution < 1.29 is 19.4 Å². The number of Topliss-reactive ketones (excluding diaryl/α,β-unsaturated/α-hetero) is 1. The Morgan fingerprint density at radius 2 is 1.79 bits per heavy atom. The van der Waals surface area contributed by atoms with Crippen molar-refractivity contribution in [3.05, 3.63) is 94.8 Å². The Morgan fingerprint density at radius 3 is 2.50 bits per heavy atom. The van der Waals surface area contributed by atoms with E-state index in [1.54, 1.807) is 43.3 Å². The number of nitrogens with zero attached hydrogens (tertiary/aromatic N) is 2. The Morgan fingerprint density at radius 1 is 1.00 bits per heavy atom. The first-order valence-corrected chi connectivity index (χ1v) is 13.6. The van der Waals surface area contributed by atoms with E-state index in [1.807, 2.05) is 12.1 Å². The molecule has 4 atom stereocenters. The molecule has 197 valence electrons. The molecule has 0 aromatic heterocycles. The molecule has 7 rings (SSSR count). The standard InChI is InChI=1S/C32H34FN2O3/c1-20-24(9-5-10-28(20)33)31-26(25-8-2-3-11-30(25)37)17-35(29-19-34-14-12-21(29)13-15-34)18-27(31)32(38)22-6-4-7-23(36)16-22/h2,4-11,16,21,26-27,29,31,36-37H,12-15,17-19H2,1H3/t26-,27+,29+,31-/m1/s1. The molecule has 4 fully saturated rings. The van der Waals surface area contributed by atoms with Crippen molar-refractivity contribution in [3.63, 3.8) is 0 Å². The van der Waals surface area contributed by atoms with Crippen LogP contribution in [0.3, 0.4) is 0 Å². The molecule has 2 bridgehead atoms. The molecule has 0 unspecified atom stereocenters. The largest absolute Gasteiger partial charge is 0.508 e. The van der Waals surface area contributed by atoms with Crippen LogP contribution < -0.4 is 0 Å². The molecule has 0 spiro atoms. The van der Waals surface area contributed by atoms with Crippen LogP contribution in [0.4, 0.5) is 4.39 Å². The van der Waals surface area contributed by atoms with Crippen molar-refractivity contribution in [1.82, 2.24) is 9.80 Å². The molecule has 3 aromatic rings. The SMILES string of the molecule is Cc1c(F)cccc1[C@H]1[C@@H](C(=O)c2cccc(O)c2)CN([C@H]2CN3CCC2CC3)C[C@@H]1c1cc[c]cc1O. The van der Waals surface area contributed by atoms with E-state index in [-0.39, 0.29) is 34.9 Å². The molecule has 5 nitrogen and oxygen atoms in total. The van der Waals surface area contributed by atoms with Crippen molar-refractivity contribution in [2.75, 3.05) is 32.7 Å². The smallest absolute Gasteiger partial charge is 0.167 e. The number of phenols is 2. The van der Waals surface area contributed by atoms with Gasteiger partial charge in [0.15, 0.2) is 5.78 Å². The van der Waals surface area contributed by atoms with Gasteiger partial charge in [0.2, 0.25) is 0 Å². The number of phenolic OH excluding ortho intramolecular Hbond substituents is 2. The highest BCUT2D eigenvalue weighted by atomic mass is 19.1. The van der Waals surface area contributed by atoms with E-state index in [2.05, 4.69) is 15.9 Å². The molecule has 3 aromatic carbocycles. The number of carbonyl (C=O) groups excluding carboxylic acids is 1. The number of aromatic hydroxyl groups is 2. The molecule has 0 aliphatic carbocycles. The third-order valence-corrected chi connectivity index (χ3v) is 9.23. The summed E-state index contributed by atoms with van der Waals surface area (Å²) in [5, 5.41) is 21.1. The lowest BCUT2D eigenvalue weighted by molar-refractivity contribution is -0.0191. The maximum atomic E-state index is 14.9. The number of carbonyl (C=O) groups is 1. The van der Waals surface area contributed by atoms with Gasteiger partial charge in [-0.25, -0.2) is 4.39 Å². The number of likely N-dealkylation sites (tertiary alicyclic amines) is 1. The van der Waals surface area contributed by atoms with E-state index in [9.17, 15) is 19.4 Å². The third kappa shape index (κ3) is 4.50. The highest BCUT2D eigenvalue weighted by Gasteiger charge is 2.48. The lowest BCUT2D eigenvalue weighted by atomic mass is 9.66. The second-order valence-corrected chi connectivity index (χ2v) is 11.3. The summed E-state index contributed by atoms with van der Waals surface area (Å²) >= 11 is 0. The molecule has 1 radical (unpaired) electrons. The topological polar surface area (TPSA) is 64.0 Å². The number of hydrogen-bond donors (Lipinski definition) is 2. The summed E-state index contributed by atoms with van der Waals surface area (Å²) < 4.78 is 14.9. The quantitative estimate of drug-likeness (QED) is 0.464. The Hall–Kier alpha value is -3.22. The molecule has 2 N–H and O–H groups in total. The zero-order valence-electron chi connectivity index (χ0n) is 21.7. The van der Waals surface area contributed by atoms with Gasteiger partial charge in [-0.2, -0.15) is 0 Å². The molecule has 0 saturated carbocycles. The van der Waals surface area contributed by atoms with Crippen LogP contribution in [0.1, 0.15) is 51.7 Å². The molecule has 6 heteroatoms. The summed E-state index contributed by atoms with van der Waals surface area (Å²) in [4.78, 5) is 19.3. The van der Waals surface area contributed by atoms with Crippen LogP contribution in [-0.2, 0) is 0 Å². The van der Waals surface area contributed by atoms with Crippen LogP contribution in [0.5, 0.6) is 11.5 Å². The Bertz CT molecular complexity index is 1340. The zero-order valence-corrected chi connectivity index (χ0v) is 21.7. The number of halogens is 1. The molecule has 4 heterocycles. The molecule has 0 amide bonds. The normalized spacial score (nSPS) is 29.3. The van der Waals surface area contributed by atoms with Gasteiger partial charge in [-0.15, -0.1) is 0 Å². The monoisotopic (exact) mass is 513 g/mol. The van der Waals surface area contributed by atoms with E-state index in [1.165, 1.54) is 12.1 Å². The number of ketones is 1. The number of fused-ring (bicyclic) bond motifs is 3. The van der Waals surface area contributed by atoms with Gasteiger partial charge in [-0.1, -0.05) is 36.4 Å². The molecule has 38 heavy (non-hydrogen) atoms. The number of piperidine rings is 4. The van der Waals surface area contributed by atoms with Gasteiger partial charge in [-0.3, -0.25) is 9.69 Å². The molecule has 4 aliphatic rings. The van der Waals surface area contributed by atoms with Crippen molar-refractivity contribution in [2.24, 2.45) is 11.8 Å². The first-order chi connectivity index (χ1) is 18.4. The molecule has 4 aliphatic heterocycles. The Kier molecular flexibility index (Phi) is 6.70. The maximum Gasteiger partial charge on any atom is 0.167 e. The number of hydrogen-bond acceptors (Lipinski definition) is 5. The van der Waals surface area contributed by atoms with Crippen LogP contribution in [0, 0.1) is 30.6 Å². The number of rotatable bonds is 5. The van der Waals surface area contributed by atoms with Gasteiger partial charge in [0.1, 0.15) is 17.3 Å². The minimum Gasteiger partial charge on any atom is -0.508 e. The molecular formula is C32H34FN2O3. The predicted molar refractivity (Wildman–Crippen MR) is 144 cm³/mol. The van der Waals surface area contributed by atoms with E-state index in [4.69, 9.17) is 0 Å². The van der Waals surface area contributed by atoms with Crippen LogP contribution >= 0.6 is 0 Å². The first kappa shape index (κ1) is 25.1. The fourth-order valence-electron chi connectivity index (χ4n) is 7.28. The van der Waals surface area contributed by atoms with Crippen molar-refractivity contribution >= 4 is 5.78 Å². The second kappa shape index (κ2) is 10.2. The van der Waals surface area contributed by atoms with Crippen LogP contribution in [0.2, 0.25) is 0 Å². The predicted octanol–water partition coefficient (Wildman–Crippen LogP) is 5.12. The summed E-state index contributed by atoms with van der Waals surface area (Å²) in [6.07, 6.45) is 2.32. The average Bonchev–Trinajstić information content (AvgIpc) is 2.94. The average molecular weight is 514 g/mol. The van der Waals surface area contributed by atoms with E-state index >= 15 is 0 Å². The summed E-state index contributed by atoms with van der Waals surface area (Å²) in [6, 6.07) is 20.2. The van der Waals surface area contributed by atoms with Crippen LogP contribution in [0.15, 0.2) is 60.7 Å². The van der Waals surface area contributed by atoms with E-state index in [0.29, 0.717) is 36.2 Å². The summed E-state index contributed by atoms with van der Waals surface area (Å²) in [5.41, 5.74) is 2.55. The van der Waals surface area contributed by atoms with Gasteiger partial charge in [-0.05, 0) is 85.8 Å². The van der Waals surface area contributed by atoms with Crippen LogP contribution in [0.25, 0.3) is 0 Å².